The van der Waals surface area contributed by atoms with Crippen molar-refractivity contribution in [3.8, 4) is 0 Å². The summed E-state index contributed by atoms with van der Waals surface area (Å²) in [5.74, 6) is 0.0465. The first kappa shape index (κ1) is 27.7. The van der Waals surface area contributed by atoms with Gasteiger partial charge in [-0.25, -0.2) is 4.79 Å². The minimum absolute atomic E-state index is 0.0465. The van der Waals surface area contributed by atoms with Gasteiger partial charge in [0.15, 0.2) is 0 Å². The molecule has 0 aromatic heterocycles. The highest BCUT2D eigenvalue weighted by Crippen LogP contribution is 2.18. The molecule has 6 heteroatoms. The first-order valence-electron chi connectivity index (χ1n) is 12.6. The molecule has 0 bridgehead atoms. The molecule has 6 nitrogen and oxygen atoms in total. The van der Waals surface area contributed by atoms with Gasteiger partial charge in [0.2, 0.25) is 5.91 Å². The fourth-order valence-electron chi connectivity index (χ4n) is 4.03. The smallest absolute Gasteiger partial charge is 0.410 e. The fraction of sp³-hybridized carbons (Fsp3) is 0.920. The molecular weight excluding hydrogens is 392 g/mol. The van der Waals surface area contributed by atoms with Gasteiger partial charge in [-0.05, 0) is 27.2 Å². The Balaban J connectivity index is 2.11. The van der Waals surface area contributed by atoms with Gasteiger partial charge in [-0.3, -0.25) is 4.79 Å². The lowest BCUT2D eigenvalue weighted by atomic mass is 10.0. The maximum Gasteiger partial charge on any atom is 0.410 e. The van der Waals surface area contributed by atoms with Crippen molar-refractivity contribution < 1.29 is 19.1 Å². The summed E-state index contributed by atoms with van der Waals surface area (Å²) in [6.45, 7) is 8.68. The normalized spacial score (nSPS) is 18.9. The number of carbonyl (C=O) groups excluding carboxylic acids is 2. The third-order valence-corrected chi connectivity index (χ3v) is 5.82. The van der Waals surface area contributed by atoms with E-state index in [1.165, 1.54) is 64.2 Å². The highest BCUT2D eigenvalue weighted by atomic mass is 16.6. The Hall–Kier alpha value is -1.30. The molecule has 0 spiro atoms. The van der Waals surface area contributed by atoms with Crippen LogP contribution in [-0.2, 0) is 14.3 Å². The summed E-state index contributed by atoms with van der Waals surface area (Å²) in [5, 5.41) is 3.05. The van der Waals surface area contributed by atoms with E-state index in [1.807, 2.05) is 20.8 Å². The number of carbonyl (C=O) groups is 2. The van der Waals surface area contributed by atoms with Crippen LogP contribution in [0.5, 0.6) is 0 Å². The number of hydrogen-bond acceptors (Lipinski definition) is 4. The maximum absolute atomic E-state index is 12.3. The summed E-state index contributed by atoms with van der Waals surface area (Å²) in [7, 11) is 1.62. The van der Waals surface area contributed by atoms with E-state index in [0.29, 0.717) is 19.5 Å². The van der Waals surface area contributed by atoms with Gasteiger partial charge in [-0.1, -0.05) is 77.6 Å². The second-order valence-corrected chi connectivity index (χ2v) is 9.97. The molecule has 2 amide bonds. The number of rotatable bonds is 15. The summed E-state index contributed by atoms with van der Waals surface area (Å²) >= 11 is 0. The fourth-order valence-corrected chi connectivity index (χ4v) is 4.03. The van der Waals surface area contributed by atoms with E-state index in [4.69, 9.17) is 9.47 Å². The van der Waals surface area contributed by atoms with Crippen molar-refractivity contribution in [3.63, 3.8) is 0 Å². The van der Waals surface area contributed by atoms with Crippen molar-refractivity contribution in [2.24, 2.45) is 0 Å². The molecule has 2 atom stereocenters. The molecule has 0 radical (unpaired) electrons. The predicted molar refractivity (Wildman–Crippen MR) is 126 cm³/mol. The minimum Gasteiger partial charge on any atom is -0.444 e. The molecule has 0 saturated carbocycles. The van der Waals surface area contributed by atoms with E-state index in [0.717, 1.165) is 12.8 Å². The minimum atomic E-state index is -0.532. The van der Waals surface area contributed by atoms with Gasteiger partial charge in [0.1, 0.15) is 5.60 Å². The van der Waals surface area contributed by atoms with Gasteiger partial charge >= 0.3 is 6.09 Å². The summed E-state index contributed by atoms with van der Waals surface area (Å²) in [5.41, 5.74) is -0.532. The number of ether oxygens (including phenoxy) is 2. The highest BCUT2D eigenvalue weighted by Gasteiger charge is 2.38. The Kier molecular flexibility index (Phi) is 13.9. The van der Waals surface area contributed by atoms with Gasteiger partial charge in [0.25, 0.3) is 0 Å². The molecule has 1 aliphatic rings. The molecule has 0 unspecified atom stereocenters. The standard InChI is InChI=1S/C25H48N2O4/c1-6-7-8-9-10-11-12-13-14-15-16-17-18-23(28)26-21-19-27(20-22(21)30-5)24(29)31-25(2,3)4/h21-22H,6-20H2,1-5H3,(H,26,28)/t21-,22-/m0/s1. The number of unbranched alkanes of at least 4 members (excludes halogenated alkanes) is 11. The summed E-state index contributed by atoms with van der Waals surface area (Å²) in [6.07, 6.45) is 15.4. The summed E-state index contributed by atoms with van der Waals surface area (Å²) in [6, 6.07) is -0.178. The van der Waals surface area contributed by atoms with E-state index in [-0.39, 0.29) is 24.1 Å². The third kappa shape index (κ3) is 13.0. The lowest BCUT2D eigenvalue weighted by Gasteiger charge is -2.24. The van der Waals surface area contributed by atoms with Crippen LogP contribution in [0.1, 0.15) is 111 Å². The van der Waals surface area contributed by atoms with Crippen molar-refractivity contribution in [2.75, 3.05) is 20.2 Å². The zero-order valence-corrected chi connectivity index (χ0v) is 20.8. The first-order chi connectivity index (χ1) is 14.8. The molecular formula is C25H48N2O4. The van der Waals surface area contributed by atoms with Gasteiger partial charge in [-0.2, -0.15) is 0 Å². The lowest BCUT2D eigenvalue weighted by Crippen LogP contribution is -2.43. The highest BCUT2D eigenvalue weighted by molar-refractivity contribution is 5.76. The molecule has 0 aromatic carbocycles. The molecule has 0 aromatic rings. The average molecular weight is 441 g/mol. The van der Waals surface area contributed by atoms with Crippen molar-refractivity contribution >= 4 is 12.0 Å². The SMILES string of the molecule is CCCCCCCCCCCCCCC(=O)N[C@H]1CN(C(=O)OC(C)(C)C)C[C@@H]1OC. The zero-order valence-electron chi connectivity index (χ0n) is 20.8. The van der Waals surface area contributed by atoms with Gasteiger partial charge in [-0.15, -0.1) is 0 Å². The van der Waals surface area contributed by atoms with Crippen molar-refractivity contribution in [2.45, 2.75) is 129 Å². The molecule has 1 fully saturated rings. The van der Waals surface area contributed by atoms with Crippen molar-refractivity contribution in [1.29, 1.82) is 0 Å². The van der Waals surface area contributed by atoms with Crippen LogP contribution < -0.4 is 5.32 Å². The summed E-state index contributed by atoms with van der Waals surface area (Å²) in [4.78, 5) is 26.3. The van der Waals surface area contributed by atoms with Crippen molar-refractivity contribution in [1.82, 2.24) is 10.2 Å². The number of hydrogen-bond donors (Lipinski definition) is 1. The second kappa shape index (κ2) is 15.5. The number of amides is 2. The Bertz CT molecular complexity index is 504. The topological polar surface area (TPSA) is 67.9 Å². The Labute approximate surface area is 190 Å². The molecule has 0 aliphatic carbocycles. The third-order valence-electron chi connectivity index (χ3n) is 5.82. The lowest BCUT2D eigenvalue weighted by molar-refractivity contribution is -0.122. The molecule has 1 N–H and O–H groups in total. The van der Waals surface area contributed by atoms with Crippen molar-refractivity contribution in [3.05, 3.63) is 0 Å². The number of methoxy groups -OCH3 is 1. The Morgan fingerprint density at radius 2 is 1.39 bits per heavy atom. The first-order valence-corrected chi connectivity index (χ1v) is 12.6. The predicted octanol–water partition coefficient (Wildman–Crippen LogP) is 5.83. The van der Waals surface area contributed by atoms with Crippen LogP contribution in [-0.4, -0.2) is 54.8 Å². The maximum atomic E-state index is 12.3. The Morgan fingerprint density at radius 3 is 1.87 bits per heavy atom. The van der Waals surface area contributed by atoms with Crippen LogP contribution in [0.15, 0.2) is 0 Å². The molecule has 1 aliphatic heterocycles. The average Bonchev–Trinajstić information content (AvgIpc) is 3.10. The van der Waals surface area contributed by atoms with E-state index in [2.05, 4.69) is 12.2 Å². The molecule has 1 rings (SSSR count). The molecule has 1 heterocycles. The monoisotopic (exact) mass is 440 g/mol. The van der Waals surface area contributed by atoms with Crippen LogP contribution in [0.2, 0.25) is 0 Å². The van der Waals surface area contributed by atoms with E-state index < -0.39 is 5.60 Å². The van der Waals surface area contributed by atoms with Crippen LogP contribution in [0.25, 0.3) is 0 Å². The van der Waals surface area contributed by atoms with E-state index in [9.17, 15) is 9.59 Å². The van der Waals surface area contributed by atoms with Gasteiger partial charge in [0, 0.05) is 20.1 Å². The Morgan fingerprint density at radius 1 is 0.871 bits per heavy atom. The molecule has 182 valence electrons. The van der Waals surface area contributed by atoms with Gasteiger partial charge in [0.05, 0.1) is 18.7 Å². The number of nitrogens with one attached hydrogen (secondary N) is 1. The van der Waals surface area contributed by atoms with Crippen LogP contribution in [0.4, 0.5) is 4.79 Å². The molecule has 31 heavy (non-hydrogen) atoms. The number of nitrogens with zero attached hydrogens (tertiary/aromatic N) is 1. The van der Waals surface area contributed by atoms with Crippen LogP contribution in [0, 0.1) is 0 Å². The summed E-state index contributed by atoms with van der Waals surface area (Å²) < 4.78 is 10.9. The van der Waals surface area contributed by atoms with E-state index in [1.54, 1.807) is 12.0 Å². The quantitative estimate of drug-likeness (QED) is 0.325. The van der Waals surface area contributed by atoms with Crippen LogP contribution in [0.3, 0.4) is 0 Å². The molecule has 1 saturated heterocycles. The largest absolute Gasteiger partial charge is 0.444 e. The van der Waals surface area contributed by atoms with Gasteiger partial charge < -0.3 is 19.7 Å². The van der Waals surface area contributed by atoms with E-state index >= 15 is 0 Å². The zero-order chi connectivity index (χ0) is 23.1. The second-order valence-electron chi connectivity index (χ2n) is 9.97. The van der Waals surface area contributed by atoms with Crippen LogP contribution >= 0.6 is 0 Å². The number of likely N-dealkylation sites (tertiary alicyclic amines) is 1.